The van der Waals surface area contributed by atoms with Gasteiger partial charge in [0.1, 0.15) is 17.4 Å². The summed E-state index contributed by atoms with van der Waals surface area (Å²) in [6.45, 7) is 3.46. The first-order valence-corrected chi connectivity index (χ1v) is 14.1. The zero-order valence-electron chi connectivity index (χ0n) is 21.9. The average Bonchev–Trinajstić information content (AvgIpc) is 3.69. The van der Waals surface area contributed by atoms with Gasteiger partial charge in [-0.2, -0.15) is 0 Å². The van der Waals surface area contributed by atoms with Gasteiger partial charge in [0.05, 0.1) is 30.7 Å². The van der Waals surface area contributed by atoms with Gasteiger partial charge in [0.25, 0.3) is 0 Å². The van der Waals surface area contributed by atoms with Crippen molar-refractivity contribution in [2.45, 2.75) is 81.8 Å². The molecule has 2 N–H and O–H groups in total. The summed E-state index contributed by atoms with van der Waals surface area (Å²) in [5.74, 6) is -1.44. The van der Waals surface area contributed by atoms with Gasteiger partial charge in [-0.25, -0.2) is 0 Å². The fourth-order valence-electron chi connectivity index (χ4n) is 7.03. The Morgan fingerprint density at radius 2 is 1.87 bits per heavy atom. The summed E-state index contributed by atoms with van der Waals surface area (Å²) in [7, 11) is 0. The number of likely N-dealkylation sites (tertiary alicyclic amines) is 1. The minimum absolute atomic E-state index is 0.104. The van der Waals surface area contributed by atoms with Crippen molar-refractivity contribution >= 4 is 23.4 Å². The number of fused-ring (bicyclic) bond motifs is 1. The number of nitrogens with zero attached hydrogens (tertiary/aromatic N) is 1. The minimum Gasteiger partial charge on any atom is -0.494 e. The topological polar surface area (TPSA) is 106 Å². The Labute approximate surface area is 223 Å². The quantitative estimate of drug-likeness (QED) is 0.508. The highest BCUT2D eigenvalue weighted by molar-refractivity contribution is 6.02. The second-order valence-electron chi connectivity index (χ2n) is 11.1. The molecule has 3 saturated heterocycles. The van der Waals surface area contributed by atoms with Crippen molar-refractivity contribution < 1.29 is 28.6 Å². The molecule has 0 aromatic heterocycles. The van der Waals surface area contributed by atoms with E-state index in [-0.39, 0.29) is 29.9 Å². The van der Waals surface area contributed by atoms with E-state index in [4.69, 9.17) is 14.2 Å². The van der Waals surface area contributed by atoms with Crippen molar-refractivity contribution in [3.05, 3.63) is 36.4 Å². The molecule has 0 radical (unpaired) electrons. The van der Waals surface area contributed by atoms with Crippen LogP contribution in [0.25, 0.3) is 0 Å². The Hall–Kier alpha value is -2.91. The third kappa shape index (κ3) is 4.39. The summed E-state index contributed by atoms with van der Waals surface area (Å²) in [4.78, 5) is 43.1. The van der Waals surface area contributed by atoms with Crippen LogP contribution in [0.1, 0.15) is 51.9 Å². The van der Waals surface area contributed by atoms with E-state index < -0.39 is 29.6 Å². The predicted octanol–water partition coefficient (Wildman–Crippen LogP) is 2.80. The van der Waals surface area contributed by atoms with E-state index in [1.54, 1.807) is 29.2 Å². The molecule has 3 amide bonds. The molecule has 1 aromatic rings. The molecule has 0 unspecified atom stereocenters. The van der Waals surface area contributed by atoms with Gasteiger partial charge >= 0.3 is 0 Å². The molecule has 38 heavy (non-hydrogen) atoms. The van der Waals surface area contributed by atoms with Crippen LogP contribution in [0, 0.1) is 11.8 Å². The third-order valence-electron chi connectivity index (χ3n) is 8.73. The van der Waals surface area contributed by atoms with Crippen LogP contribution < -0.4 is 15.4 Å². The van der Waals surface area contributed by atoms with Gasteiger partial charge in [-0.05, 0) is 56.9 Å². The smallest absolute Gasteiger partial charge is 0.246 e. The summed E-state index contributed by atoms with van der Waals surface area (Å²) in [6, 6.07) is 6.44. The molecule has 1 spiro atoms. The molecule has 6 rings (SSSR count). The lowest BCUT2D eigenvalue weighted by Crippen LogP contribution is -2.57. The maximum absolute atomic E-state index is 14.0. The number of ether oxygens (including phenoxy) is 3. The normalized spacial score (nSPS) is 34.0. The minimum atomic E-state index is -1.15. The van der Waals surface area contributed by atoms with E-state index in [1.165, 1.54) is 6.42 Å². The van der Waals surface area contributed by atoms with Crippen LogP contribution in [0.2, 0.25) is 0 Å². The van der Waals surface area contributed by atoms with E-state index in [0.717, 1.165) is 44.3 Å². The Morgan fingerprint density at radius 1 is 1.08 bits per heavy atom. The molecule has 1 aliphatic carbocycles. The highest BCUT2D eigenvalue weighted by atomic mass is 16.5. The molecular formula is C29H37N3O6. The molecular weight excluding hydrogens is 486 g/mol. The Balaban J connectivity index is 1.26. The molecule has 4 heterocycles. The Morgan fingerprint density at radius 3 is 2.58 bits per heavy atom. The van der Waals surface area contributed by atoms with Gasteiger partial charge in [0.2, 0.25) is 17.7 Å². The monoisotopic (exact) mass is 523 g/mol. The molecule has 6 atom stereocenters. The first-order chi connectivity index (χ1) is 18.5. The van der Waals surface area contributed by atoms with Crippen molar-refractivity contribution in [1.82, 2.24) is 10.2 Å². The van der Waals surface area contributed by atoms with E-state index in [0.29, 0.717) is 25.4 Å². The number of hydrogen-bond acceptors (Lipinski definition) is 6. The molecule has 1 aromatic carbocycles. The lowest BCUT2D eigenvalue weighted by Gasteiger charge is -2.34. The summed E-state index contributed by atoms with van der Waals surface area (Å²) in [6.07, 6.45) is 10.1. The molecule has 9 heteroatoms. The van der Waals surface area contributed by atoms with Gasteiger partial charge in [-0.15, -0.1) is 0 Å². The number of benzene rings is 1. The molecule has 4 fully saturated rings. The van der Waals surface area contributed by atoms with E-state index in [2.05, 4.69) is 10.6 Å². The number of nitrogens with one attached hydrogen (secondary N) is 2. The van der Waals surface area contributed by atoms with Crippen LogP contribution in [0.15, 0.2) is 36.4 Å². The first-order valence-electron chi connectivity index (χ1n) is 14.1. The first kappa shape index (κ1) is 25.4. The average molecular weight is 524 g/mol. The molecule has 9 nitrogen and oxygen atoms in total. The lowest BCUT2D eigenvalue weighted by atomic mass is 9.74. The fraction of sp³-hybridized carbons (Fsp3) is 0.621. The second kappa shape index (κ2) is 10.3. The SMILES string of the molecule is CCOc1ccc(NC(=O)[C@H]2[C@H]3C=C[C@@]4(O3)[C@H]2C(=O)N(C[C@H]2CCCO2)[C@@H]4C(=O)NC2CCCCC2)cc1. The number of amides is 3. The van der Waals surface area contributed by atoms with Crippen molar-refractivity contribution in [2.75, 3.05) is 25.1 Å². The number of carbonyl (C=O) groups excluding carboxylic acids is 3. The number of anilines is 1. The van der Waals surface area contributed by atoms with Crippen molar-refractivity contribution in [3.8, 4) is 5.75 Å². The second-order valence-corrected chi connectivity index (χ2v) is 11.1. The van der Waals surface area contributed by atoms with Gasteiger partial charge in [-0.3, -0.25) is 14.4 Å². The summed E-state index contributed by atoms with van der Waals surface area (Å²) < 4.78 is 17.8. The van der Waals surface area contributed by atoms with Crippen LogP contribution in [-0.2, 0) is 23.9 Å². The van der Waals surface area contributed by atoms with Crippen LogP contribution >= 0.6 is 0 Å². The van der Waals surface area contributed by atoms with E-state index in [9.17, 15) is 14.4 Å². The summed E-state index contributed by atoms with van der Waals surface area (Å²) in [5.41, 5.74) is -0.535. The lowest BCUT2D eigenvalue weighted by molar-refractivity contribution is -0.143. The zero-order valence-corrected chi connectivity index (χ0v) is 21.9. The van der Waals surface area contributed by atoms with E-state index >= 15 is 0 Å². The highest BCUT2D eigenvalue weighted by Crippen LogP contribution is 2.55. The third-order valence-corrected chi connectivity index (χ3v) is 8.73. The van der Waals surface area contributed by atoms with Crippen LogP contribution in [0.5, 0.6) is 5.75 Å². The Bertz CT molecular complexity index is 1090. The van der Waals surface area contributed by atoms with E-state index in [1.807, 2.05) is 19.1 Å². The number of hydrogen-bond donors (Lipinski definition) is 2. The van der Waals surface area contributed by atoms with Gasteiger partial charge < -0.3 is 29.7 Å². The van der Waals surface area contributed by atoms with Gasteiger partial charge in [-0.1, -0.05) is 31.4 Å². The maximum atomic E-state index is 14.0. The number of rotatable bonds is 8. The largest absolute Gasteiger partial charge is 0.494 e. The number of carbonyl (C=O) groups is 3. The Kier molecular flexibility index (Phi) is 6.90. The van der Waals surface area contributed by atoms with Crippen LogP contribution in [0.4, 0.5) is 5.69 Å². The van der Waals surface area contributed by atoms with Gasteiger partial charge in [0.15, 0.2) is 0 Å². The predicted molar refractivity (Wildman–Crippen MR) is 139 cm³/mol. The van der Waals surface area contributed by atoms with Crippen molar-refractivity contribution in [1.29, 1.82) is 0 Å². The standard InChI is InChI=1S/C29H37N3O6/c1-2-36-20-12-10-19(11-13-20)30-26(33)23-22-14-15-29(38-22)24(23)28(35)32(17-21-9-6-16-37-21)25(29)27(34)31-18-7-4-3-5-8-18/h10-15,18,21-25H,2-9,16-17H2,1H3,(H,30,33)(H,31,34)/t21-,22-,23+,24-,25-,29-/m1/s1. The van der Waals surface area contributed by atoms with Crippen molar-refractivity contribution in [3.63, 3.8) is 0 Å². The summed E-state index contributed by atoms with van der Waals surface area (Å²) in [5, 5.41) is 6.19. The van der Waals surface area contributed by atoms with Crippen molar-refractivity contribution in [2.24, 2.45) is 11.8 Å². The maximum Gasteiger partial charge on any atom is 0.246 e. The summed E-state index contributed by atoms with van der Waals surface area (Å²) >= 11 is 0. The van der Waals surface area contributed by atoms with Crippen LogP contribution in [-0.4, -0.2) is 72.3 Å². The molecule has 4 aliphatic heterocycles. The highest BCUT2D eigenvalue weighted by Gasteiger charge is 2.73. The molecule has 204 valence electrons. The van der Waals surface area contributed by atoms with Gasteiger partial charge in [0, 0.05) is 24.9 Å². The zero-order chi connectivity index (χ0) is 26.3. The fourth-order valence-corrected chi connectivity index (χ4v) is 7.03. The van der Waals surface area contributed by atoms with Crippen LogP contribution in [0.3, 0.4) is 0 Å². The molecule has 1 saturated carbocycles. The molecule has 5 aliphatic rings. The molecule has 2 bridgehead atoms.